The molecule has 0 radical (unpaired) electrons. The van der Waals surface area contributed by atoms with E-state index in [2.05, 4.69) is 21.4 Å². The first-order chi connectivity index (χ1) is 11.2. The smallest absolute Gasteiger partial charge is 0.161 e. The normalized spacial score (nSPS) is 10.1. The maximum Gasteiger partial charge on any atom is 0.161 e. The molecule has 0 unspecified atom stereocenters. The number of hydrogen-bond donors (Lipinski definition) is 1. The van der Waals surface area contributed by atoms with Gasteiger partial charge >= 0.3 is 0 Å². The van der Waals surface area contributed by atoms with Crippen molar-refractivity contribution in [2.45, 2.75) is 6.92 Å². The van der Waals surface area contributed by atoms with Gasteiger partial charge in [-0.3, -0.25) is 0 Å². The second-order valence-electron chi connectivity index (χ2n) is 5.07. The van der Waals surface area contributed by atoms with E-state index in [1.807, 2.05) is 43.3 Å². The minimum absolute atomic E-state index is 0.392. The average molecular weight is 321 g/mol. The number of hydrogen-bond acceptors (Lipinski definition) is 4. The molecule has 0 spiro atoms. The molecule has 0 atom stereocenters. The van der Waals surface area contributed by atoms with Crippen LogP contribution >= 0.6 is 11.6 Å². The van der Waals surface area contributed by atoms with Gasteiger partial charge in [0.1, 0.15) is 11.6 Å². The lowest BCUT2D eigenvalue weighted by atomic mass is 10.2. The molecular weight excluding hydrogens is 308 g/mol. The maximum atomic E-state index is 9.25. The molecule has 1 heterocycles. The van der Waals surface area contributed by atoms with Gasteiger partial charge in [-0.25, -0.2) is 9.97 Å². The van der Waals surface area contributed by atoms with Crippen molar-refractivity contribution in [2.24, 2.45) is 0 Å². The molecule has 4 nitrogen and oxygen atoms in total. The number of anilines is 2. The lowest BCUT2D eigenvalue weighted by Gasteiger charge is -2.09. The Kier molecular flexibility index (Phi) is 4.22. The number of nitrogens with zero attached hydrogens (tertiary/aromatic N) is 3. The molecule has 0 saturated heterocycles. The Morgan fingerprint density at radius 1 is 1.04 bits per heavy atom. The van der Waals surface area contributed by atoms with Gasteiger partial charge in [0, 0.05) is 16.3 Å². The Morgan fingerprint density at radius 3 is 2.39 bits per heavy atom. The van der Waals surface area contributed by atoms with Crippen LogP contribution in [0, 0.1) is 18.3 Å². The summed E-state index contributed by atoms with van der Waals surface area (Å²) >= 11 is 5.90. The van der Waals surface area contributed by atoms with E-state index in [0.717, 1.165) is 11.3 Å². The third-order valence-electron chi connectivity index (χ3n) is 3.33. The van der Waals surface area contributed by atoms with Gasteiger partial charge in [0.2, 0.25) is 0 Å². The van der Waals surface area contributed by atoms with Crippen molar-refractivity contribution < 1.29 is 0 Å². The van der Waals surface area contributed by atoms with Crippen molar-refractivity contribution in [2.75, 3.05) is 5.32 Å². The Hall–Kier alpha value is -2.90. The van der Waals surface area contributed by atoms with Gasteiger partial charge in [0.25, 0.3) is 0 Å². The topological polar surface area (TPSA) is 61.6 Å². The second-order valence-corrected chi connectivity index (χ2v) is 5.50. The summed E-state index contributed by atoms with van der Waals surface area (Å²) in [6.07, 6.45) is 1.52. The number of aryl methyl sites for hydroxylation is 1. The Morgan fingerprint density at radius 2 is 1.74 bits per heavy atom. The molecule has 0 aliphatic carbocycles. The highest BCUT2D eigenvalue weighted by Crippen LogP contribution is 2.23. The van der Waals surface area contributed by atoms with E-state index in [4.69, 9.17) is 11.6 Å². The molecule has 0 saturated carbocycles. The fourth-order valence-electron chi connectivity index (χ4n) is 2.07. The highest BCUT2D eigenvalue weighted by Gasteiger charge is 2.09. The van der Waals surface area contributed by atoms with Crippen LogP contribution in [0.3, 0.4) is 0 Å². The van der Waals surface area contributed by atoms with Crippen molar-refractivity contribution in [3.05, 3.63) is 70.9 Å². The molecule has 1 N–H and O–H groups in total. The number of nitriles is 1. The van der Waals surface area contributed by atoms with Gasteiger partial charge in [0.05, 0.1) is 6.20 Å². The summed E-state index contributed by atoms with van der Waals surface area (Å²) in [6.45, 7) is 2.02. The predicted octanol–water partition coefficient (Wildman–Crippen LogP) is 4.72. The van der Waals surface area contributed by atoms with Crippen LogP contribution in [0.4, 0.5) is 11.5 Å². The highest BCUT2D eigenvalue weighted by molar-refractivity contribution is 6.30. The number of aromatic nitrogens is 2. The van der Waals surface area contributed by atoms with E-state index in [0.29, 0.717) is 22.2 Å². The first-order valence-electron chi connectivity index (χ1n) is 7.02. The minimum Gasteiger partial charge on any atom is -0.339 e. The summed E-state index contributed by atoms with van der Waals surface area (Å²) < 4.78 is 0. The molecule has 5 heteroatoms. The van der Waals surface area contributed by atoms with Crippen molar-refractivity contribution in [3.8, 4) is 17.5 Å². The van der Waals surface area contributed by atoms with Crippen LogP contribution in [0.15, 0.2) is 54.7 Å². The van der Waals surface area contributed by atoms with Crippen molar-refractivity contribution in [3.63, 3.8) is 0 Å². The van der Waals surface area contributed by atoms with E-state index < -0.39 is 0 Å². The van der Waals surface area contributed by atoms with Crippen LogP contribution in [-0.2, 0) is 0 Å². The van der Waals surface area contributed by atoms with Gasteiger partial charge in [-0.2, -0.15) is 5.26 Å². The minimum atomic E-state index is 0.392. The van der Waals surface area contributed by atoms with Crippen LogP contribution in [0.25, 0.3) is 11.4 Å². The molecule has 2 aromatic carbocycles. The lowest BCUT2D eigenvalue weighted by molar-refractivity contribution is 1.16. The van der Waals surface area contributed by atoms with Gasteiger partial charge in [0.15, 0.2) is 11.6 Å². The number of halogens is 1. The second kappa shape index (κ2) is 6.47. The van der Waals surface area contributed by atoms with Crippen LogP contribution in [0.2, 0.25) is 5.02 Å². The van der Waals surface area contributed by atoms with Gasteiger partial charge in [-0.1, -0.05) is 29.3 Å². The van der Waals surface area contributed by atoms with E-state index in [-0.39, 0.29) is 0 Å². The van der Waals surface area contributed by atoms with Crippen LogP contribution in [0.1, 0.15) is 11.1 Å². The summed E-state index contributed by atoms with van der Waals surface area (Å²) in [5, 5.41) is 13.1. The fraction of sp³-hybridized carbons (Fsp3) is 0.0556. The molecule has 3 aromatic rings. The zero-order valence-corrected chi connectivity index (χ0v) is 13.2. The molecular formula is C18H13ClN4. The first kappa shape index (κ1) is 15.0. The van der Waals surface area contributed by atoms with Crippen LogP contribution in [-0.4, -0.2) is 9.97 Å². The number of benzene rings is 2. The molecule has 112 valence electrons. The molecule has 0 aliphatic rings. The van der Waals surface area contributed by atoms with Gasteiger partial charge in [-0.15, -0.1) is 0 Å². The lowest BCUT2D eigenvalue weighted by Crippen LogP contribution is -2.00. The largest absolute Gasteiger partial charge is 0.339 e. The van der Waals surface area contributed by atoms with E-state index in [1.54, 1.807) is 12.1 Å². The summed E-state index contributed by atoms with van der Waals surface area (Å²) in [7, 11) is 0. The van der Waals surface area contributed by atoms with Crippen molar-refractivity contribution in [1.82, 2.24) is 9.97 Å². The summed E-state index contributed by atoms with van der Waals surface area (Å²) in [4.78, 5) is 8.72. The number of nitrogens with one attached hydrogen (secondary N) is 1. The summed E-state index contributed by atoms with van der Waals surface area (Å²) in [5.41, 5.74) is 3.27. The quantitative estimate of drug-likeness (QED) is 0.758. The Labute approximate surface area is 139 Å². The summed E-state index contributed by atoms with van der Waals surface area (Å²) in [6, 6.07) is 17.2. The SMILES string of the molecule is Cc1ccc(Nc2nc(-c3ccc(Cl)cc3)ncc2C#N)cc1. The molecule has 0 aliphatic heterocycles. The molecule has 1 aromatic heterocycles. The Balaban J connectivity index is 1.98. The zero-order chi connectivity index (χ0) is 16.2. The summed E-state index contributed by atoms with van der Waals surface area (Å²) in [5.74, 6) is 1.02. The predicted molar refractivity (Wildman–Crippen MR) is 91.7 cm³/mol. The number of rotatable bonds is 3. The molecule has 0 bridgehead atoms. The van der Waals surface area contributed by atoms with Gasteiger partial charge < -0.3 is 5.32 Å². The molecule has 3 rings (SSSR count). The monoisotopic (exact) mass is 320 g/mol. The molecule has 0 amide bonds. The van der Waals surface area contributed by atoms with E-state index in [1.165, 1.54) is 11.8 Å². The first-order valence-corrected chi connectivity index (χ1v) is 7.40. The van der Waals surface area contributed by atoms with E-state index >= 15 is 0 Å². The average Bonchev–Trinajstić information content (AvgIpc) is 2.57. The molecule has 23 heavy (non-hydrogen) atoms. The zero-order valence-electron chi connectivity index (χ0n) is 12.4. The van der Waals surface area contributed by atoms with Crippen LogP contribution in [0.5, 0.6) is 0 Å². The fourth-order valence-corrected chi connectivity index (χ4v) is 2.20. The Bertz CT molecular complexity index is 865. The van der Waals surface area contributed by atoms with Crippen LogP contribution < -0.4 is 5.32 Å². The third-order valence-corrected chi connectivity index (χ3v) is 3.58. The van der Waals surface area contributed by atoms with Gasteiger partial charge in [-0.05, 0) is 43.3 Å². The van der Waals surface area contributed by atoms with Crippen molar-refractivity contribution >= 4 is 23.1 Å². The standard InChI is InChI=1S/C18H13ClN4/c1-12-2-8-16(9-3-12)22-18-14(10-20)11-21-17(23-18)13-4-6-15(19)7-5-13/h2-9,11H,1H3,(H,21,22,23). The maximum absolute atomic E-state index is 9.25. The molecule has 0 fully saturated rings. The van der Waals surface area contributed by atoms with E-state index in [9.17, 15) is 5.26 Å². The highest BCUT2D eigenvalue weighted by atomic mass is 35.5. The van der Waals surface area contributed by atoms with Crippen molar-refractivity contribution in [1.29, 1.82) is 5.26 Å². The third kappa shape index (κ3) is 3.47.